The van der Waals surface area contributed by atoms with E-state index in [0.717, 1.165) is 30.3 Å². The minimum atomic E-state index is -4.83. The summed E-state index contributed by atoms with van der Waals surface area (Å²) in [5, 5.41) is -0.469. The van der Waals surface area contributed by atoms with E-state index in [1.807, 2.05) is 0 Å². The molecule has 25 heavy (non-hydrogen) atoms. The van der Waals surface area contributed by atoms with E-state index in [0.29, 0.717) is 6.07 Å². The molecule has 0 saturated heterocycles. The summed E-state index contributed by atoms with van der Waals surface area (Å²) in [7, 11) is 0. The normalized spacial score (nSPS) is 12.6. The molecule has 0 unspecified atom stereocenters. The second-order valence-corrected chi connectivity index (χ2v) is 5.05. The van der Waals surface area contributed by atoms with Crippen molar-refractivity contribution in [3.05, 3.63) is 64.0 Å². The molecule has 0 fully saturated rings. The summed E-state index contributed by atoms with van der Waals surface area (Å²) < 4.78 is 83.3. The largest absolute Gasteiger partial charge is 0.418 e. The Bertz CT molecular complexity index is 1000. The Morgan fingerprint density at radius 2 is 1.40 bits per heavy atom. The molecule has 130 valence electrons. The first kappa shape index (κ1) is 17.0. The Hall–Kier alpha value is -2.84. The van der Waals surface area contributed by atoms with Gasteiger partial charge in [-0.2, -0.15) is 26.3 Å². The lowest BCUT2D eigenvalue weighted by atomic mass is 10.1. The van der Waals surface area contributed by atoms with Gasteiger partial charge in [-0.15, -0.1) is 0 Å². The van der Waals surface area contributed by atoms with Crippen LogP contribution in [0.4, 0.5) is 26.3 Å². The van der Waals surface area contributed by atoms with Crippen LogP contribution < -0.4 is 5.63 Å². The number of nitrogens with zero attached hydrogens (tertiary/aromatic N) is 1. The number of fused-ring (bicyclic) bond motifs is 1. The number of aromatic nitrogens is 1. The van der Waals surface area contributed by atoms with E-state index in [-0.39, 0.29) is 0 Å². The number of rotatable bonds is 1. The van der Waals surface area contributed by atoms with Gasteiger partial charge in [-0.1, -0.05) is 18.2 Å². The van der Waals surface area contributed by atoms with Gasteiger partial charge in [-0.25, -0.2) is 9.78 Å². The van der Waals surface area contributed by atoms with Crippen molar-refractivity contribution in [2.75, 3.05) is 0 Å². The van der Waals surface area contributed by atoms with Crippen molar-refractivity contribution in [3.8, 4) is 11.5 Å². The van der Waals surface area contributed by atoms with Crippen molar-refractivity contribution in [2.24, 2.45) is 0 Å². The van der Waals surface area contributed by atoms with Crippen molar-refractivity contribution in [2.45, 2.75) is 12.4 Å². The predicted octanol–water partition coefficient (Wildman–Crippen LogP) is 4.89. The van der Waals surface area contributed by atoms with Gasteiger partial charge >= 0.3 is 18.0 Å². The van der Waals surface area contributed by atoms with Gasteiger partial charge in [0, 0.05) is 5.56 Å². The van der Waals surface area contributed by atoms with Crippen LogP contribution >= 0.6 is 0 Å². The SMILES string of the molecule is O=c1oc(-c2ccccc2C(F)(F)F)nc2c(C(F)(F)F)cccc12. The third kappa shape index (κ3) is 3.09. The van der Waals surface area contributed by atoms with Crippen LogP contribution in [0.2, 0.25) is 0 Å². The van der Waals surface area contributed by atoms with Crippen LogP contribution in [0.5, 0.6) is 0 Å². The van der Waals surface area contributed by atoms with Crippen molar-refractivity contribution < 1.29 is 30.8 Å². The summed E-state index contributed by atoms with van der Waals surface area (Å²) in [5.74, 6) is -0.831. The average molecular weight is 359 g/mol. The Morgan fingerprint density at radius 3 is 2.04 bits per heavy atom. The fourth-order valence-corrected chi connectivity index (χ4v) is 2.36. The monoisotopic (exact) mass is 359 g/mol. The molecule has 3 aromatic rings. The average Bonchev–Trinajstić information content (AvgIpc) is 2.52. The first-order valence-corrected chi connectivity index (χ1v) is 6.76. The first-order valence-electron chi connectivity index (χ1n) is 6.76. The van der Waals surface area contributed by atoms with Gasteiger partial charge in [0.1, 0.15) is 0 Å². The van der Waals surface area contributed by atoms with Gasteiger partial charge in [-0.05, 0) is 24.3 Å². The van der Waals surface area contributed by atoms with E-state index in [2.05, 4.69) is 4.98 Å². The van der Waals surface area contributed by atoms with Gasteiger partial charge in [0.15, 0.2) is 0 Å². The van der Waals surface area contributed by atoms with E-state index < -0.39 is 51.5 Å². The third-order valence-corrected chi connectivity index (χ3v) is 3.43. The zero-order valence-corrected chi connectivity index (χ0v) is 12.1. The van der Waals surface area contributed by atoms with Crippen molar-refractivity contribution >= 4 is 10.9 Å². The lowest BCUT2D eigenvalue weighted by Crippen LogP contribution is -2.12. The Morgan fingerprint density at radius 1 is 0.800 bits per heavy atom. The summed E-state index contributed by atoms with van der Waals surface area (Å²) in [4.78, 5) is 15.5. The molecule has 0 spiro atoms. The molecule has 0 aliphatic rings. The van der Waals surface area contributed by atoms with Crippen LogP contribution in [0.3, 0.4) is 0 Å². The van der Waals surface area contributed by atoms with Crippen LogP contribution in [0.1, 0.15) is 11.1 Å². The van der Waals surface area contributed by atoms with Gasteiger partial charge < -0.3 is 4.42 Å². The van der Waals surface area contributed by atoms with E-state index in [4.69, 9.17) is 4.42 Å². The molecule has 0 aliphatic carbocycles. The molecule has 0 aliphatic heterocycles. The minimum absolute atomic E-state index is 0.469. The summed E-state index contributed by atoms with van der Waals surface area (Å²) in [6, 6.07) is 6.76. The van der Waals surface area contributed by atoms with Crippen LogP contribution in [0.15, 0.2) is 51.7 Å². The van der Waals surface area contributed by atoms with Gasteiger partial charge in [0.25, 0.3) is 0 Å². The molecule has 0 bridgehead atoms. The molecule has 3 rings (SSSR count). The number of hydrogen-bond donors (Lipinski definition) is 0. The number of benzene rings is 2. The molecule has 3 nitrogen and oxygen atoms in total. The second-order valence-electron chi connectivity index (χ2n) is 5.05. The predicted molar refractivity (Wildman–Crippen MR) is 75.7 cm³/mol. The maximum atomic E-state index is 13.1. The van der Waals surface area contributed by atoms with E-state index in [1.165, 1.54) is 6.07 Å². The number of hydrogen-bond acceptors (Lipinski definition) is 3. The molecule has 0 radical (unpaired) electrons. The standard InChI is InChI=1S/C16H7F6NO2/c17-15(18,19)10-6-2-1-4-8(10)13-23-12-9(14(24)25-13)5-3-7-11(12)16(20,21)22/h1-7H. The Kier molecular flexibility index (Phi) is 3.81. The molecule has 0 N–H and O–H groups in total. The van der Waals surface area contributed by atoms with Gasteiger partial charge in [0.05, 0.1) is 22.0 Å². The molecule has 1 aromatic heterocycles. The third-order valence-electron chi connectivity index (χ3n) is 3.43. The quantitative estimate of drug-likeness (QED) is 0.581. The highest BCUT2D eigenvalue weighted by Crippen LogP contribution is 2.37. The van der Waals surface area contributed by atoms with Crippen LogP contribution in [0.25, 0.3) is 22.4 Å². The van der Waals surface area contributed by atoms with Crippen LogP contribution in [-0.4, -0.2) is 4.98 Å². The summed E-state index contributed by atoms with van der Waals surface area (Å²) >= 11 is 0. The second kappa shape index (κ2) is 5.61. The Balaban J connectivity index is 2.36. The minimum Gasteiger partial charge on any atom is -0.403 e. The topological polar surface area (TPSA) is 43.1 Å². The van der Waals surface area contributed by atoms with E-state index in [9.17, 15) is 31.1 Å². The molecular weight excluding hydrogens is 352 g/mol. The summed E-state index contributed by atoms with van der Waals surface area (Å²) in [6.45, 7) is 0. The fraction of sp³-hybridized carbons (Fsp3) is 0.125. The number of para-hydroxylation sites is 1. The van der Waals surface area contributed by atoms with Crippen molar-refractivity contribution in [3.63, 3.8) is 0 Å². The smallest absolute Gasteiger partial charge is 0.403 e. The van der Waals surface area contributed by atoms with Gasteiger partial charge in [0.2, 0.25) is 5.89 Å². The highest BCUT2D eigenvalue weighted by atomic mass is 19.4. The lowest BCUT2D eigenvalue weighted by Gasteiger charge is -2.13. The fourth-order valence-electron chi connectivity index (χ4n) is 2.36. The van der Waals surface area contributed by atoms with Gasteiger partial charge in [-0.3, -0.25) is 0 Å². The molecule has 0 atom stereocenters. The Labute approximate surface area is 135 Å². The summed E-state index contributed by atoms with van der Waals surface area (Å²) in [6.07, 6.45) is -9.63. The van der Waals surface area contributed by atoms with E-state index >= 15 is 0 Å². The molecular formula is C16H7F6NO2. The first-order chi connectivity index (χ1) is 11.6. The zero-order chi connectivity index (χ0) is 18.4. The molecule has 0 saturated carbocycles. The highest BCUT2D eigenvalue weighted by Gasteiger charge is 2.36. The molecule has 0 amide bonds. The molecule has 1 heterocycles. The summed E-state index contributed by atoms with van der Waals surface area (Å²) in [5.41, 5.74) is -4.99. The number of halogens is 6. The zero-order valence-electron chi connectivity index (χ0n) is 12.1. The maximum Gasteiger partial charge on any atom is 0.418 e. The van der Waals surface area contributed by atoms with E-state index in [1.54, 1.807) is 0 Å². The van der Waals surface area contributed by atoms with Crippen molar-refractivity contribution in [1.29, 1.82) is 0 Å². The van der Waals surface area contributed by atoms with Crippen LogP contribution in [0, 0.1) is 0 Å². The molecule has 2 aromatic carbocycles. The maximum absolute atomic E-state index is 13.1. The molecule has 9 heteroatoms. The highest BCUT2D eigenvalue weighted by molar-refractivity contribution is 5.82. The lowest BCUT2D eigenvalue weighted by molar-refractivity contribution is -0.137. The van der Waals surface area contributed by atoms with Crippen molar-refractivity contribution in [1.82, 2.24) is 4.98 Å². The number of alkyl halides is 6. The van der Waals surface area contributed by atoms with Crippen LogP contribution in [-0.2, 0) is 12.4 Å².